The van der Waals surface area contributed by atoms with Crippen LogP contribution in [0.2, 0.25) is 0 Å². The van der Waals surface area contributed by atoms with Gasteiger partial charge in [-0.3, -0.25) is 5.10 Å². The van der Waals surface area contributed by atoms with Crippen molar-refractivity contribution in [3.05, 3.63) is 30.1 Å². The second kappa shape index (κ2) is 7.79. The molecule has 160 valence electrons. The molecule has 9 nitrogen and oxygen atoms in total. The minimum Gasteiger partial charge on any atom is -0.478 e. The van der Waals surface area contributed by atoms with Crippen molar-refractivity contribution in [1.82, 2.24) is 25.4 Å². The predicted octanol–water partition coefficient (Wildman–Crippen LogP) is 2.77. The predicted molar refractivity (Wildman–Crippen MR) is 111 cm³/mol. The average Bonchev–Trinajstić information content (AvgIpc) is 3.33. The molecule has 2 fully saturated rings. The van der Waals surface area contributed by atoms with Crippen molar-refractivity contribution in [1.29, 1.82) is 0 Å². The Hall–Kier alpha value is -2.81. The topological polar surface area (TPSA) is 104 Å². The van der Waals surface area contributed by atoms with Crippen LogP contribution in [0.25, 0.3) is 0 Å². The number of carbonyl (C=O) groups excluding carboxylic acids is 1. The number of aromatic amines is 1. The highest BCUT2D eigenvalue weighted by atomic mass is 16.6. The van der Waals surface area contributed by atoms with E-state index in [2.05, 4.69) is 37.8 Å². The number of H-pyrrole nitrogens is 1. The summed E-state index contributed by atoms with van der Waals surface area (Å²) in [7, 11) is 2.06. The Morgan fingerprint density at radius 3 is 3.03 bits per heavy atom. The van der Waals surface area contributed by atoms with Crippen LogP contribution in [-0.4, -0.2) is 64.6 Å². The van der Waals surface area contributed by atoms with E-state index < -0.39 is 0 Å². The maximum absolute atomic E-state index is 12.6. The highest BCUT2D eigenvalue weighted by molar-refractivity contribution is 5.69. The van der Waals surface area contributed by atoms with Crippen LogP contribution in [0.3, 0.4) is 0 Å². The van der Waals surface area contributed by atoms with E-state index in [-0.39, 0.29) is 17.7 Å². The summed E-state index contributed by atoms with van der Waals surface area (Å²) in [6.07, 6.45) is 5.68. The van der Waals surface area contributed by atoms with Crippen molar-refractivity contribution in [2.24, 2.45) is 0 Å². The Labute approximate surface area is 175 Å². The van der Waals surface area contributed by atoms with Gasteiger partial charge in [-0.2, -0.15) is 5.10 Å². The second-order valence-corrected chi connectivity index (χ2v) is 8.78. The summed E-state index contributed by atoms with van der Waals surface area (Å²) >= 11 is 0. The minimum absolute atomic E-state index is 0.0606. The first kappa shape index (κ1) is 19.2. The summed E-state index contributed by atoms with van der Waals surface area (Å²) in [6, 6.07) is 5.80. The molecular formula is C21H28N6O3. The first-order valence-corrected chi connectivity index (χ1v) is 10.7. The Morgan fingerprint density at radius 1 is 1.27 bits per heavy atom. The molecule has 3 aliphatic rings. The molecule has 2 atom stereocenters. The fraction of sp³-hybridized carbons (Fsp3) is 0.571. The molecule has 1 saturated heterocycles. The summed E-state index contributed by atoms with van der Waals surface area (Å²) in [5.41, 5.74) is 1.71. The van der Waals surface area contributed by atoms with Gasteiger partial charge >= 0.3 is 6.09 Å². The van der Waals surface area contributed by atoms with Crippen LogP contribution in [-0.2, 0) is 4.74 Å². The van der Waals surface area contributed by atoms with E-state index in [1.54, 1.807) is 6.20 Å². The van der Waals surface area contributed by atoms with Gasteiger partial charge in [0.1, 0.15) is 6.10 Å². The molecule has 30 heavy (non-hydrogen) atoms. The van der Waals surface area contributed by atoms with Gasteiger partial charge in [-0.05, 0) is 45.2 Å². The highest BCUT2D eigenvalue weighted by Gasteiger charge is 2.43. The van der Waals surface area contributed by atoms with Gasteiger partial charge in [0.2, 0.25) is 5.88 Å². The lowest BCUT2D eigenvalue weighted by Crippen LogP contribution is -2.69. The van der Waals surface area contributed by atoms with Crippen LogP contribution in [0.1, 0.15) is 43.7 Å². The lowest BCUT2D eigenvalue weighted by atomic mass is 9.85. The van der Waals surface area contributed by atoms with Crippen molar-refractivity contribution in [3.63, 3.8) is 0 Å². The quantitative estimate of drug-likeness (QED) is 0.611. The number of nitrogens with one attached hydrogen (secondary N) is 3. The number of alkyl carbamates (subject to hydrolysis) is 1. The molecule has 1 amide bonds. The summed E-state index contributed by atoms with van der Waals surface area (Å²) in [5, 5.41) is 14.0. The number of fused-ring (bicyclic) bond motifs is 7. The standard InChI is InChI=1S/C21H28N6O3/c1-27-12-21(13-27)6-2-8-29-19-10-15(5-7-22-19)23-18-11-17(25-26-18)14-3-4-16(9-14)30-20(28)24-21/h5,7,10-11,14,16H,2-4,6,8-9,12-13H2,1H3,(H,24,28)(H2,23,25,26). The SMILES string of the molecule is CN1CC2(CCCOc3cc(ccn3)Nc3cc([nH]n3)C3CCC(C3)OC(=O)N2)C1. The fourth-order valence-electron chi connectivity index (χ4n) is 4.92. The number of aromatic nitrogens is 3. The van der Waals surface area contributed by atoms with Crippen LogP contribution in [0, 0.1) is 0 Å². The summed E-state index contributed by atoms with van der Waals surface area (Å²) in [5.74, 6) is 1.63. The molecule has 1 spiro atoms. The zero-order chi connectivity index (χ0) is 20.6. The second-order valence-electron chi connectivity index (χ2n) is 8.78. The molecule has 1 aliphatic carbocycles. The van der Waals surface area contributed by atoms with E-state index in [9.17, 15) is 4.79 Å². The normalized spacial score (nSPS) is 26.4. The van der Waals surface area contributed by atoms with Gasteiger partial charge in [-0.1, -0.05) is 0 Å². The van der Waals surface area contributed by atoms with E-state index >= 15 is 0 Å². The summed E-state index contributed by atoms with van der Waals surface area (Å²) in [4.78, 5) is 19.1. The van der Waals surface area contributed by atoms with Gasteiger partial charge < -0.3 is 25.0 Å². The van der Waals surface area contributed by atoms with Gasteiger partial charge in [0, 0.05) is 48.7 Å². The van der Waals surface area contributed by atoms with Crippen molar-refractivity contribution in [2.45, 2.75) is 49.7 Å². The molecule has 3 N–H and O–H groups in total. The third-order valence-corrected chi connectivity index (χ3v) is 6.26. The smallest absolute Gasteiger partial charge is 0.407 e. The molecule has 2 aromatic rings. The lowest BCUT2D eigenvalue weighted by molar-refractivity contribution is 0.0345. The molecule has 1 saturated carbocycles. The number of ether oxygens (including phenoxy) is 2. The molecule has 9 heteroatoms. The highest BCUT2D eigenvalue weighted by Crippen LogP contribution is 2.36. The Kier molecular flexibility index (Phi) is 4.98. The number of likely N-dealkylation sites (N-methyl/N-ethyl adjacent to an activating group) is 1. The number of amides is 1. The number of hydrogen-bond acceptors (Lipinski definition) is 7. The van der Waals surface area contributed by atoms with Gasteiger partial charge in [-0.15, -0.1) is 0 Å². The molecule has 2 aliphatic heterocycles. The zero-order valence-corrected chi connectivity index (χ0v) is 17.2. The Balaban J connectivity index is 1.36. The van der Waals surface area contributed by atoms with Gasteiger partial charge in [-0.25, -0.2) is 9.78 Å². The minimum atomic E-state index is -0.308. The van der Waals surface area contributed by atoms with E-state index in [0.717, 1.165) is 62.4 Å². The molecule has 4 heterocycles. The fourth-order valence-corrected chi connectivity index (χ4v) is 4.92. The maximum Gasteiger partial charge on any atom is 0.407 e. The molecule has 6 bridgehead atoms. The largest absolute Gasteiger partial charge is 0.478 e. The van der Waals surface area contributed by atoms with Crippen molar-refractivity contribution >= 4 is 17.6 Å². The van der Waals surface area contributed by atoms with Gasteiger partial charge in [0.15, 0.2) is 5.82 Å². The molecule has 2 unspecified atom stereocenters. The van der Waals surface area contributed by atoms with Crippen LogP contribution in [0.15, 0.2) is 24.4 Å². The van der Waals surface area contributed by atoms with E-state index in [1.807, 2.05) is 18.2 Å². The number of hydrogen-bond donors (Lipinski definition) is 3. The molecule has 0 aromatic carbocycles. The van der Waals surface area contributed by atoms with Crippen LogP contribution < -0.4 is 15.4 Å². The van der Waals surface area contributed by atoms with E-state index in [0.29, 0.717) is 18.4 Å². The lowest BCUT2D eigenvalue weighted by Gasteiger charge is -2.49. The first-order chi connectivity index (χ1) is 14.6. The number of carbonyl (C=O) groups is 1. The Morgan fingerprint density at radius 2 is 2.17 bits per heavy atom. The summed E-state index contributed by atoms with van der Waals surface area (Å²) < 4.78 is 11.6. The monoisotopic (exact) mass is 412 g/mol. The third-order valence-electron chi connectivity index (χ3n) is 6.26. The average molecular weight is 412 g/mol. The number of rotatable bonds is 0. The number of nitrogens with zero attached hydrogens (tertiary/aromatic N) is 3. The molecule has 5 rings (SSSR count). The van der Waals surface area contributed by atoms with Crippen LogP contribution >= 0.6 is 0 Å². The van der Waals surface area contributed by atoms with Crippen molar-refractivity contribution < 1.29 is 14.3 Å². The van der Waals surface area contributed by atoms with Crippen molar-refractivity contribution in [2.75, 3.05) is 32.1 Å². The number of likely N-dealkylation sites (tertiary alicyclic amines) is 1. The first-order valence-electron chi connectivity index (χ1n) is 10.7. The van der Waals surface area contributed by atoms with Gasteiger partial charge in [0.25, 0.3) is 0 Å². The maximum atomic E-state index is 12.6. The molecule has 0 radical (unpaired) electrons. The zero-order valence-electron chi connectivity index (χ0n) is 17.2. The number of pyridine rings is 1. The number of anilines is 2. The molecule has 2 aromatic heterocycles. The van der Waals surface area contributed by atoms with Gasteiger partial charge in [0.05, 0.1) is 12.1 Å². The van der Waals surface area contributed by atoms with Crippen LogP contribution in [0.5, 0.6) is 5.88 Å². The Bertz CT molecular complexity index is 910. The van der Waals surface area contributed by atoms with Crippen LogP contribution in [0.4, 0.5) is 16.3 Å². The molecular weight excluding hydrogens is 384 g/mol. The van der Waals surface area contributed by atoms with Crippen molar-refractivity contribution in [3.8, 4) is 5.88 Å². The summed E-state index contributed by atoms with van der Waals surface area (Å²) in [6.45, 7) is 2.18. The third kappa shape index (κ3) is 4.07. The van der Waals surface area contributed by atoms with E-state index in [1.165, 1.54) is 0 Å². The van der Waals surface area contributed by atoms with E-state index in [4.69, 9.17) is 9.47 Å².